The third kappa shape index (κ3) is 8.60. The fraction of sp³-hybridized carbons (Fsp3) is 0.417. The topological polar surface area (TPSA) is 105 Å². The molecule has 0 radical (unpaired) electrons. The summed E-state index contributed by atoms with van der Waals surface area (Å²) in [5, 5.41) is 5.48. The van der Waals surface area contributed by atoms with Crippen molar-refractivity contribution >= 4 is 27.3 Å². The highest BCUT2D eigenvalue weighted by atomic mass is 32.2. The van der Waals surface area contributed by atoms with Crippen LogP contribution >= 0.6 is 0 Å². The number of hydrogen-bond donors (Lipinski definition) is 2. The molecule has 3 rings (SSSR count). The zero-order valence-corrected chi connectivity index (χ0v) is 19.7. The number of hydrogen-bond acceptors (Lipinski definition) is 6. The summed E-state index contributed by atoms with van der Waals surface area (Å²) in [6.07, 6.45) is 0.829. The number of carbonyl (C=O) groups is 2. The normalized spacial score (nSPS) is 14.6. The van der Waals surface area contributed by atoms with Crippen LogP contribution in [-0.4, -0.2) is 70.3 Å². The van der Waals surface area contributed by atoms with E-state index >= 15 is 0 Å². The van der Waals surface area contributed by atoms with E-state index in [0.717, 1.165) is 44.8 Å². The lowest BCUT2D eigenvalue weighted by molar-refractivity contribution is -0.113. The Hall–Kier alpha value is -2.75. The maximum absolute atomic E-state index is 12.5. The van der Waals surface area contributed by atoms with Gasteiger partial charge in [0.2, 0.25) is 5.91 Å². The number of aryl methyl sites for hydroxylation is 1. The molecule has 8 nitrogen and oxygen atoms in total. The maximum Gasteiger partial charge on any atom is 0.251 e. The number of nitrogens with one attached hydrogen (secondary N) is 2. The van der Waals surface area contributed by atoms with Gasteiger partial charge in [-0.25, -0.2) is 8.42 Å². The van der Waals surface area contributed by atoms with E-state index in [1.54, 1.807) is 36.4 Å². The van der Waals surface area contributed by atoms with Crippen LogP contribution in [0, 0.1) is 6.92 Å². The number of nitrogens with zero attached hydrogens (tertiary/aromatic N) is 1. The van der Waals surface area contributed by atoms with Crippen LogP contribution in [0.2, 0.25) is 0 Å². The minimum absolute atomic E-state index is 0.242. The standard InChI is InChI=1S/C24H31N3O5S/c1-19-6-8-22(9-7-19)26-23(28)18-33(30,31)17-20-4-2-5-21(16-20)24(29)25-10-3-11-27-12-14-32-15-13-27/h2,4-9,16H,3,10-15,17-18H2,1H3,(H,25,29)(H,26,28). The van der Waals surface area contributed by atoms with Gasteiger partial charge in [0.15, 0.2) is 9.84 Å². The van der Waals surface area contributed by atoms with Gasteiger partial charge in [-0.2, -0.15) is 0 Å². The molecule has 0 aromatic heterocycles. The summed E-state index contributed by atoms with van der Waals surface area (Å²) in [5.74, 6) is -1.77. The molecule has 178 valence electrons. The van der Waals surface area contributed by atoms with Crippen LogP contribution in [0.4, 0.5) is 5.69 Å². The second-order valence-corrected chi connectivity index (χ2v) is 10.3. The Balaban J connectivity index is 1.47. The van der Waals surface area contributed by atoms with E-state index in [4.69, 9.17) is 4.74 Å². The molecule has 1 fully saturated rings. The van der Waals surface area contributed by atoms with E-state index in [0.29, 0.717) is 23.4 Å². The Labute approximate surface area is 195 Å². The Morgan fingerprint density at radius 2 is 1.79 bits per heavy atom. The third-order valence-electron chi connectivity index (χ3n) is 5.30. The number of benzene rings is 2. The summed E-state index contributed by atoms with van der Waals surface area (Å²) in [7, 11) is -3.70. The van der Waals surface area contributed by atoms with Gasteiger partial charge in [0.25, 0.3) is 5.91 Å². The number of carbonyl (C=O) groups excluding carboxylic acids is 2. The van der Waals surface area contributed by atoms with Crippen molar-refractivity contribution in [2.45, 2.75) is 19.1 Å². The SMILES string of the molecule is Cc1ccc(NC(=O)CS(=O)(=O)Cc2cccc(C(=O)NCCCN3CCOCC3)c2)cc1. The molecule has 1 saturated heterocycles. The van der Waals surface area contributed by atoms with Gasteiger partial charge < -0.3 is 15.4 Å². The van der Waals surface area contributed by atoms with Crippen molar-refractivity contribution in [3.63, 3.8) is 0 Å². The van der Waals surface area contributed by atoms with E-state index in [9.17, 15) is 18.0 Å². The van der Waals surface area contributed by atoms with Gasteiger partial charge in [0, 0.05) is 30.9 Å². The summed E-state index contributed by atoms with van der Waals surface area (Å²) in [6.45, 7) is 6.67. The molecule has 0 saturated carbocycles. The maximum atomic E-state index is 12.5. The van der Waals surface area contributed by atoms with Gasteiger partial charge in [-0.05, 0) is 49.7 Å². The molecule has 0 unspecified atom stereocenters. The number of amides is 2. The predicted molar refractivity (Wildman–Crippen MR) is 128 cm³/mol. The molecule has 2 N–H and O–H groups in total. The van der Waals surface area contributed by atoms with E-state index in [2.05, 4.69) is 15.5 Å². The van der Waals surface area contributed by atoms with Crippen LogP contribution in [0.3, 0.4) is 0 Å². The van der Waals surface area contributed by atoms with Crippen molar-refractivity contribution in [1.29, 1.82) is 0 Å². The van der Waals surface area contributed by atoms with E-state index in [1.807, 2.05) is 19.1 Å². The first-order chi connectivity index (χ1) is 15.8. The van der Waals surface area contributed by atoms with Gasteiger partial charge >= 0.3 is 0 Å². The van der Waals surface area contributed by atoms with Gasteiger partial charge in [-0.15, -0.1) is 0 Å². The quantitative estimate of drug-likeness (QED) is 0.512. The summed E-state index contributed by atoms with van der Waals surface area (Å²) in [5.41, 5.74) is 2.46. The molecule has 9 heteroatoms. The summed E-state index contributed by atoms with van der Waals surface area (Å²) in [6, 6.07) is 13.6. The molecule has 0 bridgehead atoms. The lowest BCUT2D eigenvalue weighted by Gasteiger charge is -2.26. The number of rotatable bonds is 10. The van der Waals surface area contributed by atoms with Crippen LogP contribution in [0.15, 0.2) is 48.5 Å². The van der Waals surface area contributed by atoms with Crippen molar-refractivity contribution in [1.82, 2.24) is 10.2 Å². The predicted octanol–water partition coefficient (Wildman–Crippen LogP) is 2.00. The second-order valence-electron chi connectivity index (χ2n) is 8.21. The first kappa shape index (κ1) is 24.9. The summed E-state index contributed by atoms with van der Waals surface area (Å²) >= 11 is 0. The van der Waals surface area contributed by atoms with Crippen LogP contribution in [0.5, 0.6) is 0 Å². The Kier molecular flexibility index (Phi) is 8.99. The average Bonchev–Trinajstić information content (AvgIpc) is 2.78. The number of ether oxygens (including phenoxy) is 1. The third-order valence-corrected chi connectivity index (χ3v) is 6.78. The molecule has 0 aliphatic carbocycles. The first-order valence-electron chi connectivity index (χ1n) is 11.0. The minimum atomic E-state index is -3.70. The Morgan fingerprint density at radius 3 is 2.52 bits per heavy atom. The molecular weight excluding hydrogens is 442 g/mol. The van der Waals surface area contributed by atoms with Gasteiger partial charge in [0.1, 0.15) is 5.75 Å². The molecule has 1 aliphatic heterocycles. The smallest absolute Gasteiger partial charge is 0.251 e. The number of morpholine rings is 1. The average molecular weight is 474 g/mol. The van der Waals surface area contributed by atoms with E-state index in [1.165, 1.54) is 0 Å². The van der Waals surface area contributed by atoms with Gasteiger partial charge in [-0.3, -0.25) is 14.5 Å². The lowest BCUT2D eigenvalue weighted by atomic mass is 10.1. The van der Waals surface area contributed by atoms with Crippen molar-refractivity contribution in [3.8, 4) is 0 Å². The van der Waals surface area contributed by atoms with Crippen molar-refractivity contribution in [2.75, 3.05) is 50.5 Å². The lowest BCUT2D eigenvalue weighted by Crippen LogP contribution is -2.38. The molecule has 0 atom stereocenters. The molecular formula is C24H31N3O5S. The van der Waals surface area contributed by atoms with Gasteiger partial charge in [-0.1, -0.05) is 29.8 Å². The van der Waals surface area contributed by atoms with Crippen LogP contribution < -0.4 is 10.6 Å². The van der Waals surface area contributed by atoms with Crippen LogP contribution in [-0.2, 0) is 25.1 Å². The molecule has 33 heavy (non-hydrogen) atoms. The largest absolute Gasteiger partial charge is 0.379 e. The highest BCUT2D eigenvalue weighted by Crippen LogP contribution is 2.12. The molecule has 2 amide bonds. The fourth-order valence-corrected chi connectivity index (χ4v) is 4.83. The van der Waals surface area contributed by atoms with Crippen molar-refractivity contribution < 1.29 is 22.7 Å². The molecule has 1 heterocycles. The van der Waals surface area contributed by atoms with E-state index < -0.39 is 21.5 Å². The minimum Gasteiger partial charge on any atom is -0.379 e. The van der Waals surface area contributed by atoms with E-state index in [-0.39, 0.29) is 11.7 Å². The van der Waals surface area contributed by atoms with Gasteiger partial charge in [0.05, 0.1) is 19.0 Å². The molecule has 2 aromatic carbocycles. The highest BCUT2D eigenvalue weighted by molar-refractivity contribution is 7.91. The highest BCUT2D eigenvalue weighted by Gasteiger charge is 2.18. The number of sulfone groups is 1. The summed E-state index contributed by atoms with van der Waals surface area (Å²) < 4.78 is 30.4. The zero-order valence-electron chi connectivity index (χ0n) is 18.9. The van der Waals surface area contributed by atoms with Crippen molar-refractivity contribution in [2.24, 2.45) is 0 Å². The van der Waals surface area contributed by atoms with Crippen molar-refractivity contribution in [3.05, 3.63) is 65.2 Å². The first-order valence-corrected chi connectivity index (χ1v) is 12.9. The Bertz CT molecular complexity index is 1050. The fourth-order valence-electron chi connectivity index (χ4n) is 3.57. The van der Waals surface area contributed by atoms with Crippen LogP contribution in [0.1, 0.15) is 27.9 Å². The molecule has 1 aliphatic rings. The summed E-state index contributed by atoms with van der Waals surface area (Å²) in [4.78, 5) is 26.9. The Morgan fingerprint density at radius 1 is 1.06 bits per heavy atom. The molecule has 2 aromatic rings. The monoisotopic (exact) mass is 473 g/mol. The number of anilines is 1. The zero-order chi connectivity index (χ0) is 23.7. The second kappa shape index (κ2) is 11.9. The van der Waals surface area contributed by atoms with Crippen LogP contribution in [0.25, 0.3) is 0 Å². The molecule has 0 spiro atoms.